The molecule has 0 saturated carbocycles. The Kier molecular flexibility index (Phi) is 3.87. The molecule has 0 spiro atoms. The van der Waals surface area contributed by atoms with Crippen LogP contribution >= 0.6 is 15.9 Å². The molecule has 0 aliphatic carbocycles. The van der Waals surface area contributed by atoms with Crippen LogP contribution in [0.25, 0.3) is 0 Å². The molecule has 0 bridgehead atoms. The first kappa shape index (κ1) is 14.1. The van der Waals surface area contributed by atoms with Crippen molar-refractivity contribution in [1.82, 2.24) is 10.2 Å². The number of carbonyl (C=O) groups is 1. The van der Waals surface area contributed by atoms with Crippen molar-refractivity contribution in [3.8, 4) is 0 Å². The van der Waals surface area contributed by atoms with Crippen LogP contribution < -0.4 is 5.32 Å². The van der Waals surface area contributed by atoms with E-state index in [-0.39, 0.29) is 17.5 Å². The van der Waals surface area contributed by atoms with E-state index in [1.807, 2.05) is 6.07 Å². The van der Waals surface area contributed by atoms with E-state index in [0.29, 0.717) is 0 Å². The molecule has 1 N–H and O–H groups in total. The van der Waals surface area contributed by atoms with Gasteiger partial charge in [-0.2, -0.15) is 0 Å². The van der Waals surface area contributed by atoms with E-state index in [0.717, 1.165) is 43.2 Å². The molecule has 0 radical (unpaired) electrons. The molecular formula is C16H21BrN2O. The van der Waals surface area contributed by atoms with E-state index in [2.05, 4.69) is 51.3 Å². The number of rotatable bonds is 2. The first-order valence-electron chi connectivity index (χ1n) is 7.42. The summed E-state index contributed by atoms with van der Waals surface area (Å²) in [4.78, 5) is 15.0. The Morgan fingerprint density at radius 3 is 3.00 bits per heavy atom. The minimum absolute atomic E-state index is 0.235. The Labute approximate surface area is 128 Å². The Morgan fingerprint density at radius 2 is 2.30 bits per heavy atom. The van der Waals surface area contributed by atoms with Gasteiger partial charge >= 0.3 is 0 Å². The number of benzene rings is 1. The molecule has 2 atom stereocenters. The maximum Gasteiger partial charge on any atom is 0.243 e. The van der Waals surface area contributed by atoms with Crippen LogP contribution in [0, 0.1) is 0 Å². The lowest BCUT2D eigenvalue weighted by molar-refractivity contribution is -0.138. The highest BCUT2D eigenvalue weighted by atomic mass is 79.9. The molecule has 3 nitrogen and oxygen atoms in total. The summed E-state index contributed by atoms with van der Waals surface area (Å²) in [5.41, 5.74) is 0.890. The van der Waals surface area contributed by atoms with Crippen LogP contribution in [0.5, 0.6) is 0 Å². The van der Waals surface area contributed by atoms with Gasteiger partial charge in [-0.1, -0.05) is 28.1 Å². The van der Waals surface area contributed by atoms with Crippen molar-refractivity contribution >= 4 is 21.8 Å². The summed E-state index contributed by atoms with van der Waals surface area (Å²) < 4.78 is 1.08. The molecule has 108 valence electrons. The van der Waals surface area contributed by atoms with Gasteiger partial charge in [-0.3, -0.25) is 4.79 Å². The third-order valence-electron chi connectivity index (χ3n) is 4.59. The van der Waals surface area contributed by atoms with Crippen molar-refractivity contribution in [3.05, 3.63) is 34.3 Å². The topological polar surface area (TPSA) is 32.3 Å². The molecule has 2 unspecified atom stereocenters. The van der Waals surface area contributed by atoms with Crippen LogP contribution in [0.1, 0.15) is 44.2 Å². The number of hydrogen-bond acceptors (Lipinski definition) is 2. The predicted molar refractivity (Wildman–Crippen MR) is 83.5 cm³/mol. The molecule has 1 aromatic carbocycles. The van der Waals surface area contributed by atoms with Crippen LogP contribution in [-0.4, -0.2) is 29.4 Å². The molecule has 3 rings (SSSR count). The Hall–Kier alpha value is -0.870. The monoisotopic (exact) mass is 336 g/mol. The summed E-state index contributed by atoms with van der Waals surface area (Å²) in [7, 11) is 0. The summed E-state index contributed by atoms with van der Waals surface area (Å²) in [6, 6.07) is 8.59. The first-order chi connectivity index (χ1) is 9.60. The number of likely N-dealkylation sites (tertiary alicyclic amines) is 1. The number of nitrogens with one attached hydrogen (secondary N) is 1. The smallest absolute Gasteiger partial charge is 0.243 e. The number of hydrogen-bond donors (Lipinski definition) is 1. The Bertz CT molecular complexity index is 511. The van der Waals surface area contributed by atoms with Gasteiger partial charge < -0.3 is 10.2 Å². The quantitative estimate of drug-likeness (QED) is 0.898. The van der Waals surface area contributed by atoms with Crippen molar-refractivity contribution in [1.29, 1.82) is 0 Å². The van der Waals surface area contributed by atoms with E-state index >= 15 is 0 Å². The molecule has 2 fully saturated rings. The molecule has 4 heteroatoms. The highest BCUT2D eigenvalue weighted by Crippen LogP contribution is 2.36. The summed E-state index contributed by atoms with van der Waals surface area (Å²) in [6.45, 7) is 3.89. The van der Waals surface area contributed by atoms with Crippen molar-refractivity contribution in [3.63, 3.8) is 0 Å². The normalized spacial score (nSPS) is 29.9. The van der Waals surface area contributed by atoms with E-state index in [1.54, 1.807) is 0 Å². The largest absolute Gasteiger partial charge is 0.334 e. The summed E-state index contributed by atoms with van der Waals surface area (Å²) in [6.07, 6.45) is 4.21. The van der Waals surface area contributed by atoms with Crippen molar-refractivity contribution in [2.45, 2.75) is 44.2 Å². The standard InChI is InChI=1S/C16H21BrN2O/c1-16(8-4-9-18-16)15(20)19-10-3-7-14(19)12-5-2-6-13(17)11-12/h2,5-6,11,14,18H,3-4,7-10H2,1H3. The fraction of sp³-hybridized carbons (Fsp3) is 0.562. The average molecular weight is 337 g/mol. The van der Waals surface area contributed by atoms with Gasteiger partial charge in [0.15, 0.2) is 0 Å². The van der Waals surface area contributed by atoms with Crippen LogP contribution in [0.15, 0.2) is 28.7 Å². The Balaban J connectivity index is 1.84. The average Bonchev–Trinajstić information content (AvgIpc) is 3.07. The van der Waals surface area contributed by atoms with Crippen LogP contribution in [0.2, 0.25) is 0 Å². The molecule has 0 aromatic heterocycles. The lowest BCUT2D eigenvalue weighted by atomic mass is 9.96. The van der Waals surface area contributed by atoms with Gasteiger partial charge in [0.2, 0.25) is 5.91 Å². The van der Waals surface area contributed by atoms with Crippen molar-refractivity contribution in [2.75, 3.05) is 13.1 Å². The zero-order chi connectivity index (χ0) is 14.2. The molecule has 1 amide bonds. The third-order valence-corrected chi connectivity index (χ3v) is 5.08. The van der Waals surface area contributed by atoms with Gasteiger partial charge in [0.25, 0.3) is 0 Å². The zero-order valence-electron chi connectivity index (χ0n) is 11.9. The molecule has 20 heavy (non-hydrogen) atoms. The SMILES string of the molecule is CC1(C(=O)N2CCCC2c2cccc(Br)c2)CCCN1. The Morgan fingerprint density at radius 1 is 1.45 bits per heavy atom. The summed E-state index contributed by atoms with van der Waals surface area (Å²) in [5.74, 6) is 0.275. The summed E-state index contributed by atoms with van der Waals surface area (Å²) in [5, 5.41) is 3.39. The number of halogens is 1. The van der Waals surface area contributed by atoms with Gasteiger partial charge in [0, 0.05) is 11.0 Å². The molecular weight excluding hydrogens is 316 g/mol. The van der Waals surface area contributed by atoms with Gasteiger partial charge in [0.1, 0.15) is 0 Å². The van der Waals surface area contributed by atoms with Crippen LogP contribution in [0.3, 0.4) is 0 Å². The van der Waals surface area contributed by atoms with Gasteiger partial charge in [-0.15, -0.1) is 0 Å². The van der Waals surface area contributed by atoms with E-state index in [9.17, 15) is 4.79 Å². The van der Waals surface area contributed by atoms with E-state index < -0.39 is 0 Å². The van der Waals surface area contributed by atoms with Crippen LogP contribution in [-0.2, 0) is 4.79 Å². The molecule has 2 heterocycles. The van der Waals surface area contributed by atoms with E-state index in [4.69, 9.17) is 0 Å². The maximum atomic E-state index is 12.9. The highest BCUT2D eigenvalue weighted by Gasteiger charge is 2.42. The number of nitrogens with zero attached hydrogens (tertiary/aromatic N) is 1. The predicted octanol–water partition coefficient (Wildman–Crippen LogP) is 3.25. The second-order valence-corrected chi connectivity index (χ2v) is 6.99. The van der Waals surface area contributed by atoms with Crippen molar-refractivity contribution in [2.24, 2.45) is 0 Å². The molecule has 1 aromatic rings. The minimum Gasteiger partial charge on any atom is -0.334 e. The number of carbonyl (C=O) groups excluding carboxylic acids is 1. The lowest BCUT2D eigenvalue weighted by Crippen LogP contribution is -2.52. The maximum absolute atomic E-state index is 12.9. The highest BCUT2D eigenvalue weighted by molar-refractivity contribution is 9.10. The lowest BCUT2D eigenvalue weighted by Gasteiger charge is -2.33. The number of amides is 1. The summed E-state index contributed by atoms with van der Waals surface area (Å²) >= 11 is 3.53. The molecule has 2 saturated heterocycles. The molecule has 2 aliphatic rings. The van der Waals surface area contributed by atoms with Gasteiger partial charge in [0.05, 0.1) is 11.6 Å². The van der Waals surface area contributed by atoms with Crippen LogP contribution in [0.4, 0.5) is 0 Å². The van der Waals surface area contributed by atoms with Gasteiger partial charge in [-0.25, -0.2) is 0 Å². The van der Waals surface area contributed by atoms with Crippen molar-refractivity contribution < 1.29 is 4.79 Å². The second-order valence-electron chi connectivity index (χ2n) is 6.07. The minimum atomic E-state index is -0.353. The fourth-order valence-electron chi connectivity index (χ4n) is 3.46. The first-order valence-corrected chi connectivity index (χ1v) is 8.21. The zero-order valence-corrected chi connectivity index (χ0v) is 13.4. The fourth-order valence-corrected chi connectivity index (χ4v) is 3.88. The van der Waals surface area contributed by atoms with Gasteiger partial charge in [-0.05, 0) is 56.8 Å². The van der Waals surface area contributed by atoms with E-state index in [1.165, 1.54) is 5.56 Å². The third kappa shape index (κ3) is 2.51. The molecule has 2 aliphatic heterocycles. The second kappa shape index (κ2) is 5.49.